The van der Waals surface area contributed by atoms with Gasteiger partial charge in [0.05, 0.1) is 32.0 Å². The van der Waals surface area contributed by atoms with Crippen molar-refractivity contribution < 1.29 is 28.6 Å². The molecule has 0 heterocycles. The summed E-state index contributed by atoms with van der Waals surface area (Å²) < 4.78 is 13.8. The van der Waals surface area contributed by atoms with Gasteiger partial charge in [0, 0.05) is 6.08 Å². The molecule has 0 aliphatic heterocycles. The first-order valence-corrected chi connectivity index (χ1v) is 8.08. The van der Waals surface area contributed by atoms with Crippen LogP contribution < -0.4 is 0 Å². The third-order valence-corrected chi connectivity index (χ3v) is 3.16. The number of rotatable bonds is 7. The maximum absolute atomic E-state index is 11.2. The number of methoxy groups -OCH3 is 2. The third kappa shape index (κ3) is 8.44. The van der Waals surface area contributed by atoms with Crippen molar-refractivity contribution >= 4 is 27.1 Å². The van der Waals surface area contributed by atoms with Gasteiger partial charge in [0.2, 0.25) is 0 Å². The average Bonchev–Trinajstić information content (AvgIpc) is 2.64. The molecule has 7 heteroatoms. The molecule has 6 nitrogen and oxygen atoms in total. The highest BCUT2D eigenvalue weighted by Crippen LogP contribution is 2.10. The van der Waals surface area contributed by atoms with E-state index in [4.69, 9.17) is 4.74 Å². The van der Waals surface area contributed by atoms with Crippen LogP contribution in [0.2, 0.25) is 0 Å². The van der Waals surface area contributed by atoms with Crippen LogP contribution in [-0.2, 0) is 19.0 Å². The molecule has 0 radical (unpaired) electrons. The number of esters is 3. The first-order chi connectivity index (χ1) is 11.5. The van der Waals surface area contributed by atoms with E-state index < -0.39 is 11.9 Å². The zero-order chi connectivity index (χ0) is 18.4. The number of benzene rings is 1. The summed E-state index contributed by atoms with van der Waals surface area (Å²) in [6.07, 6.45) is 4.25. The molecule has 1 unspecified atom stereocenters. The van der Waals surface area contributed by atoms with Crippen LogP contribution in [0.25, 0.3) is 0 Å². The summed E-state index contributed by atoms with van der Waals surface area (Å²) in [6, 6.07) is 6.33. The lowest BCUT2D eigenvalue weighted by atomic mass is 10.1. The Labute approximate surface area is 144 Å². The van der Waals surface area contributed by atoms with Gasteiger partial charge in [0.1, 0.15) is 0 Å². The molecule has 1 rings (SSSR count). The molecule has 0 aliphatic carbocycles. The van der Waals surface area contributed by atoms with E-state index in [9.17, 15) is 14.4 Å². The van der Waals surface area contributed by atoms with E-state index in [1.54, 1.807) is 12.1 Å². The monoisotopic (exact) mass is 354 g/mol. The Morgan fingerprint density at radius 1 is 1.04 bits per heavy atom. The summed E-state index contributed by atoms with van der Waals surface area (Å²) in [5.41, 5.74) is 0.420. The first kappa shape index (κ1) is 21.8. The maximum atomic E-state index is 11.2. The second-order valence-corrected chi connectivity index (χ2v) is 4.97. The SMILES string of the molecule is C=CC(=O)OCCCCP.COC(=O)c1ccccc1C(=O)OC. The molecular formula is C17H23O6P. The van der Waals surface area contributed by atoms with Gasteiger partial charge in [-0.05, 0) is 31.1 Å². The number of ether oxygens (including phenoxy) is 3. The van der Waals surface area contributed by atoms with E-state index in [0.717, 1.165) is 19.0 Å². The van der Waals surface area contributed by atoms with Crippen molar-refractivity contribution in [1.82, 2.24) is 0 Å². The summed E-state index contributed by atoms with van der Waals surface area (Å²) >= 11 is 0. The van der Waals surface area contributed by atoms with Crippen LogP contribution in [0.5, 0.6) is 0 Å². The van der Waals surface area contributed by atoms with Crippen molar-refractivity contribution in [1.29, 1.82) is 0 Å². The quantitative estimate of drug-likeness (QED) is 0.246. The fourth-order valence-corrected chi connectivity index (χ4v) is 1.83. The molecule has 0 N–H and O–H groups in total. The van der Waals surface area contributed by atoms with Crippen LogP contribution in [0.15, 0.2) is 36.9 Å². The van der Waals surface area contributed by atoms with Gasteiger partial charge >= 0.3 is 17.9 Å². The Kier molecular flexibility index (Phi) is 12.0. The third-order valence-electron chi connectivity index (χ3n) is 2.75. The number of carbonyl (C=O) groups is 3. The molecule has 132 valence electrons. The number of hydrogen-bond donors (Lipinski definition) is 0. The van der Waals surface area contributed by atoms with E-state index >= 15 is 0 Å². The molecule has 24 heavy (non-hydrogen) atoms. The Hall–Kier alpha value is -2.20. The minimum absolute atomic E-state index is 0.210. The summed E-state index contributed by atoms with van der Waals surface area (Å²) in [5, 5.41) is 0. The zero-order valence-corrected chi connectivity index (χ0v) is 15.1. The second-order valence-electron chi connectivity index (χ2n) is 4.40. The molecule has 0 fully saturated rings. The standard InChI is InChI=1S/C10H10O4.C7H13O2P/c1-13-9(11)7-5-3-4-6-8(7)10(12)14-2;1-2-7(8)9-5-3-4-6-10/h3-6H,1-2H3;2H,1,3-6,10H2. The largest absolute Gasteiger partial charge is 0.465 e. The van der Waals surface area contributed by atoms with Crippen LogP contribution in [-0.4, -0.2) is 44.9 Å². The van der Waals surface area contributed by atoms with Gasteiger partial charge in [0.15, 0.2) is 0 Å². The van der Waals surface area contributed by atoms with Crippen molar-refractivity contribution in [3.05, 3.63) is 48.0 Å². The second kappa shape index (κ2) is 13.3. The van der Waals surface area contributed by atoms with Gasteiger partial charge in [-0.15, -0.1) is 9.24 Å². The first-order valence-electron chi connectivity index (χ1n) is 7.26. The summed E-state index contributed by atoms with van der Waals surface area (Å²) in [4.78, 5) is 32.9. The van der Waals surface area contributed by atoms with Gasteiger partial charge in [0.25, 0.3) is 0 Å². The molecule has 1 aromatic rings. The normalized spacial score (nSPS) is 9.12. The predicted octanol–water partition coefficient (Wildman–Crippen LogP) is 2.63. The smallest absolute Gasteiger partial charge is 0.338 e. The van der Waals surface area contributed by atoms with Crippen molar-refractivity contribution in [2.45, 2.75) is 12.8 Å². The van der Waals surface area contributed by atoms with Gasteiger partial charge in [-0.3, -0.25) is 0 Å². The average molecular weight is 354 g/mol. The fraction of sp³-hybridized carbons (Fsp3) is 0.353. The number of unbranched alkanes of at least 4 members (excludes halogenated alkanes) is 1. The van der Waals surface area contributed by atoms with E-state index in [1.165, 1.54) is 32.4 Å². The lowest BCUT2D eigenvalue weighted by Gasteiger charge is -2.04. The van der Waals surface area contributed by atoms with Crippen LogP contribution in [0.4, 0.5) is 0 Å². The van der Waals surface area contributed by atoms with Gasteiger partial charge in [-0.1, -0.05) is 18.7 Å². The van der Waals surface area contributed by atoms with Gasteiger partial charge < -0.3 is 14.2 Å². The van der Waals surface area contributed by atoms with Crippen LogP contribution in [0, 0.1) is 0 Å². The Bertz CT molecular complexity index is 521. The molecular weight excluding hydrogens is 331 g/mol. The molecule has 0 saturated heterocycles. The molecule has 0 aliphatic rings. The molecule has 0 bridgehead atoms. The van der Waals surface area contributed by atoms with Crippen LogP contribution in [0.3, 0.4) is 0 Å². The van der Waals surface area contributed by atoms with Crippen molar-refractivity contribution in [2.24, 2.45) is 0 Å². The van der Waals surface area contributed by atoms with Crippen LogP contribution in [0.1, 0.15) is 33.6 Å². The summed E-state index contributed by atoms with van der Waals surface area (Å²) in [6.45, 7) is 3.79. The van der Waals surface area contributed by atoms with E-state index in [-0.39, 0.29) is 17.1 Å². The van der Waals surface area contributed by atoms with Crippen molar-refractivity contribution in [2.75, 3.05) is 27.0 Å². The van der Waals surface area contributed by atoms with E-state index in [2.05, 4.69) is 25.3 Å². The Morgan fingerprint density at radius 3 is 1.92 bits per heavy atom. The lowest BCUT2D eigenvalue weighted by molar-refractivity contribution is -0.137. The zero-order valence-electron chi connectivity index (χ0n) is 13.9. The fourth-order valence-electron chi connectivity index (χ4n) is 1.54. The van der Waals surface area contributed by atoms with Crippen LogP contribution >= 0.6 is 9.24 Å². The highest BCUT2D eigenvalue weighted by atomic mass is 31.0. The van der Waals surface area contributed by atoms with E-state index in [0.29, 0.717) is 6.61 Å². The highest BCUT2D eigenvalue weighted by Gasteiger charge is 2.16. The lowest BCUT2D eigenvalue weighted by Crippen LogP contribution is -2.11. The molecule has 0 spiro atoms. The highest BCUT2D eigenvalue weighted by molar-refractivity contribution is 7.16. The molecule has 0 aromatic heterocycles. The molecule has 0 amide bonds. The maximum Gasteiger partial charge on any atom is 0.338 e. The number of hydrogen-bond acceptors (Lipinski definition) is 6. The predicted molar refractivity (Wildman–Crippen MR) is 94.1 cm³/mol. The molecule has 1 aromatic carbocycles. The summed E-state index contributed by atoms with van der Waals surface area (Å²) in [5.74, 6) is -1.43. The van der Waals surface area contributed by atoms with Gasteiger partial charge in [-0.2, -0.15) is 0 Å². The van der Waals surface area contributed by atoms with Gasteiger partial charge in [-0.25, -0.2) is 14.4 Å². The van der Waals surface area contributed by atoms with Crippen molar-refractivity contribution in [3.63, 3.8) is 0 Å². The molecule has 0 saturated carbocycles. The topological polar surface area (TPSA) is 78.9 Å². The van der Waals surface area contributed by atoms with E-state index in [1.807, 2.05) is 0 Å². The Balaban J connectivity index is 0.000000470. The molecule has 1 atom stereocenters. The van der Waals surface area contributed by atoms with Crippen molar-refractivity contribution in [3.8, 4) is 0 Å². The minimum atomic E-state index is -0.550. The summed E-state index contributed by atoms with van der Waals surface area (Å²) in [7, 11) is 5.15. The Morgan fingerprint density at radius 2 is 1.54 bits per heavy atom. The minimum Gasteiger partial charge on any atom is -0.465 e. The number of carbonyl (C=O) groups excluding carboxylic acids is 3.